The number of aliphatic hydroxyl groups excluding tert-OH is 8. The number of aromatic hydroxyl groups is 1. The minimum atomic E-state index is -1.91. The van der Waals surface area contributed by atoms with Gasteiger partial charge in [-0.05, 0) is 5.56 Å². The van der Waals surface area contributed by atoms with E-state index in [4.69, 9.17) is 23.7 Å². The number of aliphatic hydroxyl groups is 8. The number of rotatable bonds is 7. The molecule has 0 saturated carbocycles. The molecule has 230 valence electrons. The highest BCUT2D eigenvalue weighted by Gasteiger charge is 2.51. The van der Waals surface area contributed by atoms with Crippen LogP contribution in [0.5, 0.6) is 17.2 Å². The van der Waals surface area contributed by atoms with E-state index in [-0.39, 0.29) is 17.1 Å². The Bertz CT molecular complexity index is 1240. The van der Waals surface area contributed by atoms with Crippen LogP contribution in [0.1, 0.15) is 22.0 Å². The van der Waals surface area contributed by atoms with Gasteiger partial charge in [-0.2, -0.15) is 0 Å². The molecule has 2 saturated heterocycles. The summed E-state index contributed by atoms with van der Waals surface area (Å²) in [7, 11) is 0. The number of hydrogen-bond acceptors (Lipinski definition) is 15. The number of carbonyl (C=O) groups excluding carboxylic acids is 1. The fourth-order valence-electron chi connectivity index (χ4n) is 5.16. The first kappa shape index (κ1) is 30.5. The van der Waals surface area contributed by atoms with E-state index in [2.05, 4.69) is 0 Å². The first-order valence-electron chi connectivity index (χ1n) is 13.1. The molecule has 3 aliphatic heterocycles. The topological polar surface area (TPSA) is 245 Å². The smallest absolute Gasteiger partial charge is 0.229 e. The zero-order chi connectivity index (χ0) is 30.3. The Morgan fingerprint density at radius 2 is 1.40 bits per heavy atom. The van der Waals surface area contributed by atoms with Crippen molar-refractivity contribution in [3.8, 4) is 17.2 Å². The molecule has 5 rings (SSSR count). The lowest BCUT2D eigenvalue weighted by atomic mass is 9.92. The lowest BCUT2D eigenvalue weighted by Gasteiger charge is -2.46. The van der Waals surface area contributed by atoms with Gasteiger partial charge in [0.05, 0.1) is 13.2 Å². The zero-order valence-electron chi connectivity index (χ0n) is 21.9. The third kappa shape index (κ3) is 5.57. The van der Waals surface area contributed by atoms with Crippen LogP contribution in [0.3, 0.4) is 0 Å². The Hall–Kier alpha value is -2.93. The molecule has 3 heterocycles. The Kier molecular flexibility index (Phi) is 8.98. The van der Waals surface area contributed by atoms with Crippen molar-refractivity contribution in [2.45, 2.75) is 73.6 Å². The van der Waals surface area contributed by atoms with Crippen molar-refractivity contribution in [2.75, 3.05) is 13.2 Å². The summed E-state index contributed by atoms with van der Waals surface area (Å²) >= 11 is 0. The maximum absolute atomic E-state index is 13.2. The van der Waals surface area contributed by atoms with E-state index in [0.717, 1.165) is 12.1 Å². The summed E-state index contributed by atoms with van der Waals surface area (Å²) in [6.07, 6.45) is -19.6. The van der Waals surface area contributed by atoms with Gasteiger partial charge in [0.2, 0.25) is 12.1 Å². The molecule has 15 nitrogen and oxygen atoms in total. The molecule has 0 aliphatic carbocycles. The Morgan fingerprint density at radius 3 is 2.07 bits per heavy atom. The molecule has 12 unspecified atom stereocenters. The van der Waals surface area contributed by atoms with Gasteiger partial charge in [-0.1, -0.05) is 30.3 Å². The van der Waals surface area contributed by atoms with Crippen molar-refractivity contribution >= 4 is 5.78 Å². The van der Waals surface area contributed by atoms with Crippen molar-refractivity contribution in [1.29, 1.82) is 0 Å². The van der Waals surface area contributed by atoms with E-state index in [1.165, 1.54) is 0 Å². The van der Waals surface area contributed by atoms with Gasteiger partial charge in [0.15, 0.2) is 18.5 Å². The zero-order valence-corrected chi connectivity index (χ0v) is 21.9. The Balaban J connectivity index is 1.36. The molecule has 0 radical (unpaired) electrons. The lowest BCUT2D eigenvalue weighted by Crippen LogP contribution is -2.65. The highest BCUT2D eigenvalue weighted by molar-refractivity contribution is 6.05. The number of phenolic OH excluding ortho intramolecular Hbond substituents is 1. The molecule has 12 atom stereocenters. The van der Waals surface area contributed by atoms with Crippen molar-refractivity contribution in [1.82, 2.24) is 0 Å². The molecular weight excluding hydrogens is 564 g/mol. The molecule has 2 fully saturated rings. The summed E-state index contributed by atoms with van der Waals surface area (Å²) in [5.41, 5.74) is 0.234. The molecule has 0 amide bonds. The molecule has 3 aliphatic rings. The fraction of sp³-hybridized carbons (Fsp3) is 0.519. The molecule has 0 spiro atoms. The van der Waals surface area contributed by atoms with Gasteiger partial charge in [0.1, 0.15) is 71.6 Å². The number of benzene rings is 2. The molecule has 2 aromatic rings. The summed E-state index contributed by atoms with van der Waals surface area (Å²) < 4.78 is 27.9. The second-order valence-electron chi connectivity index (χ2n) is 10.2. The Labute approximate surface area is 238 Å². The first-order chi connectivity index (χ1) is 20.0. The van der Waals surface area contributed by atoms with Crippen molar-refractivity contribution in [2.24, 2.45) is 0 Å². The Morgan fingerprint density at radius 1 is 0.762 bits per heavy atom. The molecule has 9 N–H and O–H groups in total. The maximum atomic E-state index is 13.2. The average molecular weight is 597 g/mol. The lowest BCUT2D eigenvalue weighted by molar-refractivity contribution is -0.352. The first-order valence-corrected chi connectivity index (χ1v) is 13.1. The molecular formula is C27H32O15. The number of hydrogen-bond donors (Lipinski definition) is 9. The number of Topliss-reactive ketones (excluding diaryl/α,β-unsaturated/α-hetero) is 1. The molecule has 0 aromatic heterocycles. The summed E-state index contributed by atoms with van der Waals surface area (Å²) in [6.45, 7) is -1.56. The third-order valence-electron chi connectivity index (χ3n) is 7.44. The average Bonchev–Trinajstić information content (AvgIpc) is 2.98. The van der Waals surface area contributed by atoms with Crippen LogP contribution in [0.25, 0.3) is 0 Å². The van der Waals surface area contributed by atoms with E-state index < -0.39 is 98.4 Å². The summed E-state index contributed by atoms with van der Waals surface area (Å²) in [5.74, 6) is -1.69. The SMILES string of the molecule is O=C1c2c(OC3OC(CO)C(OC4OC(CO)C(O)C(O)C4O)C(O)C3O)cc(O)cc2OC(c2ccccc2)C1O. The standard InChI is InChI=1S/C27H32O15/c28-8-14-17(31)19(33)22(36)27(40-14)42-25-15(9-29)41-26(23(37)21(25)35)39-13-7-11(30)6-12-16(13)18(32)20(34)24(38-12)10-4-2-1-3-5-10/h1-7,14-15,17,19-31,33-37H,8-9H2. The largest absolute Gasteiger partial charge is 0.508 e. The highest BCUT2D eigenvalue weighted by Crippen LogP contribution is 2.43. The van der Waals surface area contributed by atoms with E-state index in [1.807, 2.05) is 0 Å². The number of carbonyl (C=O) groups is 1. The summed E-state index contributed by atoms with van der Waals surface area (Å²) in [4.78, 5) is 13.2. The van der Waals surface area contributed by atoms with Gasteiger partial charge >= 0.3 is 0 Å². The van der Waals surface area contributed by atoms with Crippen LogP contribution < -0.4 is 9.47 Å². The maximum Gasteiger partial charge on any atom is 0.229 e. The minimum absolute atomic E-state index is 0.123. The monoisotopic (exact) mass is 596 g/mol. The van der Waals surface area contributed by atoms with E-state index in [0.29, 0.717) is 5.56 Å². The van der Waals surface area contributed by atoms with Crippen LogP contribution in [0, 0.1) is 0 Å². The number of ether oxygens (including phenoxy) is 5. The van der Waals surface area contributed by atoms with E-state index in [9.17, 15) is 50.8 Å². The fourth-order valence-corrected chi connectivity index (χ4v) is 5.16. The second-order valence-corrected chi connectivity index (χ2v) is 10.2. The number of ketones is 1. The van der Waals surface area contributed by atoms with Crippen LogP contribution >= 0.6 is 0 Å². The van der Waals surface area contributed by atoms with Gasteiger partial charge in [-0.15, -0.1) is 0 Å². The molecule has 2 aromatic carbocycles. The van der Waals surface area contributed by atoms with Crippen molar-refractivity contribution in [3.05, 3.63) is 53.6 Å². The second kappa shape index (κ2) is 12.4. The van der Waals surface area contributed by atoms with Crippen LogP contribution in [-0.4, -0.2) is 132 Å². The van der Waals surface area contributed by atoms with Crippen LogP contribution in [-0.2, 0) is 14.2 Å². The van der Waals surface area contributed by atoms with Crippen LogP contribution in [0.15, 0.2) is 42.5 Å². The molecule has 15 heteroatoms. The van der Waals surface area contributed by atoms with E-state index in [1.54, 1.807) is 30.3 Å². The summed E-state index contributed by atoms with van der Waals surface area (Å²) in [5, 5.41) is 92.4. The molecule has 42 heavy (non-hydrogen) atoms. The highest BCUT2D eigenvalue weighted by atomic mass is 16.7. The van der Waals surface area contributed by atoms with Gasteiger partial charge in [0.25, 0.3) is 0 Å². The van der Waals surface area contributed by atoms with E-state index >= 15 is 0 Å². The number of phenols is 1. The quantitative estimate of drug-likeness (QED) is 0.155. The van der Waals surface area contributed by atoms with Crippen LogP contribution in [0.4, 0.5) is 0 Å². The minimum Gasteiger partial charge on any atom is -0.508 e. The van der Waals surface area contributed by atoms with Crippen molar-refractivity contribution in [3.63, 3.8) is 0 Å². The van der Waals surface area contributed by atoms with Gasteiger partial charge < -0.3 is 69.6 Å². The predicted molar refractivity (Wildman–Crippen MR) is 135 cm³/mol. The van der Waals surface area contributed by atoms with Gasteiger partial charge in [-0.25, -0.2) is 0 Å². The van der Waals surface area contributed by atoms with Crippen LogP contribution in [0.2, 0.25) is 0 Å². The summed E-state index contributed by atoms with van der Waals surface area (Å²) in [6, 6.07) is 10.6. The molecule has 0 bridgehead atoms. The van der Waals surface area contributed by atoms with Gasteiger partial charge in [-0.3, -0.25) is 4.79 Å². The predicted octanol–water partition coefficient (Wildman–Crippen LogP) is -2.93. The normalized spacial score (nSPS) is 38.4. The number of fused-ring (bicyclic) bond motifs is 1. The van der Waals surface area contributed by atoms with Crippen molar-refractivity contribution < 1.29 is 74.4 Å². The van der Waals surface area contributed by atoms with Gasteiger partial charge in [0, 0.05) is 12.1 Å². The third-order valence-corrected chi connectivity index (χ3v) is 7.44.